The topological polar surface area (TPSA) is 80.9 Å². The number of amides is 1. The van der Waals surface area contributed by atoms with Gasteiger partial charge >= 0.3 is 0 Å². The Balaban J connectivity index is 1.63. The first kappa shape index (κ1) is 17.4. The van der Waals surface area contributed by atoms with E-state index in [-0.39, 0.29) is 5.91 Å². The Bertz CT molecular complexity index is 1110. The fourth-order valence-corrected chi connectivity index (χ4v) is 3.52. The lowest BCUT2D eigenvalue weighted by atomic mass is 10.1. The van der Waals surface area contributed by atoms with E-state index in [1.165, 1.54) is 11.3 Å². The van der Waals surface area contributed by atoms with Gasteiger partial charge in [-0.15, -0.1) is 11.3 Å². The van der Waals surface area contributed by atoms with Crippen molar-refractivity contribution in [3.05, 3.63) is 70.4 Å². The summed E-state index contributed by atoms with van der Waals surface area (Å²) in [7, 11) is 0. The summed E-state index contributed by atoms with van der Waals surface area (Å²) in [5.41, 5.74) is 2.81. The fourth-order valence-electron chi connectivity index (χ4n) is 2.60. The maximum atomic E-state index is 12.8. The predicted octanol–water partition coefficient (Wildman–Crippen LogP) is 5.07. The lowest BCUT2D eigenvalue weighted by molar-refractivity contribution is 0.102. The van der Waals surface area contributed by atoms with Crippen LogP contribution in [0.1, 0.15) is 16.1 Å². The van der Waals surface area contributed by atoms with Gasteiger partial charge < -0.3 is 4.52 Å². The Labute approximate surface area is 163 Å². The summed E-state index contributed by atoms with van der Waals surface area (Å²) < 4.78 is 5.24. The number of pyridine rings is 1. The van der Waals surface area contributed by atoms with E-state index in [4.69, 9.17) is 16.1 Å². The highest BCUT2D eigenvalue weighted by Crippen LogP contribution is 2.32. The molecular weight excluding hydrogens is 384 g/mol. The average molecular weight is 397 g/mol. The van der Waals surface area contributed by atoms with Crippen molar-refractivity contribution in [2.75, 3.05) is 5.32 Å². The van der Waals surface area contributed by atoms with Crippen LogP contribution in [0.25, 0.3) is 22.6 Å². The van der Waals surface area contributed by atoms with Crippen LogP contribution in [0, 0.1) is 6.92 Å². The van der Waals surface area contributed by atoms with Crippen molar-refractivity contribution in [1.82, 2.24) is 15.1 Å². The van der Waals surface area contributed by atoms with E-state index in [9.17, 15) is 4.79 Å². The number of halogens is 1. The van der Waals surface area contributed by atoms with Gasteiger partial charge in [0.05, 0.1) is 10.7 Å². The number of hydrogen-bond donors (Lipinski definition) is 1. The number of hydrogen-bond acceptors (Lipinski definition) is 6. The fraction of sp³-hybridized carbons (Fsp3) is 0.0526. The van der Waals surface area contributed by atoms with Crippen LogP contribution >= 0.6 is 22.9 Å². The molecule has 4 rings (SSSR count). The van der Waals surface area contributed by atoms with Gasteiger partial charge in [-0.1, -0.05) is 41.0 Å². The quantitative estimate of drug-likeness (QED) is 0.520. The third kappa shape index (κ3) is 3.47. The smallest absolute Gasteiger partial charge is 0.263 e. The first-order valence-corrected chi connectivity index (χ1v) is 9.28. The molecule has 0 fully saturated rings. The van der Waals surface area contributed by atoms with Gasteiger partial charge in [-0.2, -0.15) is 0 Å². The summed E-state index contributed by atoms with van der Waals surface area (Å²) in [5.74, 6) is 0.0505. The molecule has 8 heteroatoms. The summed E-state index contributed by atoms with van der Waals surface area (Å²) in [5, 5.41) is 9.61. The minimum atomic E-state index is -0.356. The summed E-state index contributed by atoms with van der Waals surface area (Å²) in [6.45, 7) is 1.68. The lowest BCUT2D eigenvalue weighted by Gasteiger charge is -2.04. The zero-order valence-corrected chi connectivity index (χ0v) is 15.7. The Morgan fingerprint density at radius 3 is 2.74 bits per heavy atom. The Hall–Kier alpha value is -3.03. The molecule has 1 amide bonds. The molecule has 0 saturated heterocycles. The molecule has 1 aromatic carbocycles. The van der Waals surface area contributed by atoms with Crippen LogP contribution in [0.2, 0.25) is 5.02 Å². The van der Waals surface area contributed by atoms with Gasteiger partial charge in [-0.3, -0.25) is 15.1 Å². The first-order chi connectivity index (χ1) is 13.1. The third-order valence-corrected chi connectivity index (χ3v) is 4.96. The van der Waals surface area contributed by atoms with Gasteiger partial charge in [0.15, 0.2) is 5.13 Å². The highest BCUT2D eigenvalue weighted by Gasteiger charge is 2.23. The third-order valence-electron chi connectivity index (χ3n) is 3.87. The molecule has 0 bridgehead atoms. The number of nitrogens with zero attached hydrogens (tertiary/aromatic N) is 3. The van der Waals surface area contributed by atoms with Crippen LogP contribution in [0.15, 0.2) is 58.6 Å². The molecular formula is C19H13ClN4O2S. The van der Waals surface area contributed by atoms with Crippen molar-refractivity contribution < 1.29 is 9.32 Å². The molecule has 0 aliphatic rings. The number of thiazole rings is 1. The minimum absolute atomic E-state index is 0.331. The number of benzene rings is 1. The molecule has 3 heterocycles. The zero-order valence-electron chi connectivity index (χ0n) is 14.1. The zero-order chi connectivity index (χ0) is 18.8. The Morgan fingerprint density at radius 2 is 1.96 bits per heavy atom. The van der Waals surface area contributed by atoms with E-state index in [0.717, 1.165) is 5.69 Å². The van der Waals surface area contributed by atoms with Crippen LogP contribution in [0.3, 0.4) is 0 Å². The maximum Gasteiger partial charge on any atom is 0.263 e. The second-order valence-corrected chi connectivity index (χ2v) is 6.91. The van der Waals surface area contributed by atoms with Crippen LogP contribution in [0.5, 0.6) is 0 Å². The SMILES string of the molecule is Cc1onc(-c2ccccc2Cl)c1C(=O)Nc1nc(-c2ccccn2)cs1. The van der Waals surface area contributed by atoms with E-state index in [2.05, 4.69) is 20.4 Å². The average Bonchev–Trinajstić information content (AvgIpc) is 3.29. The van der Waals surface area contributed by atoms with Crippen molar-refractivity contribution in [1.29, 1.82) is 0 Å². The van der Waals surface area contributed by atoms with E-state index in [1.807, 2.05) is 35.7 Å². The number of carbonyl (C=O) groups excluding carboxylic acids is 1. The second-order valence-electron chi connectivity index (χ2n) is 5.65. The number of aromatic nitrogens is 3. The van der Waals surface area contributed by atoms with Crippen molar-refractivity contribution in [2.45, 2.75) is 6.92 Å². The molecule has 0 spiro atoms. The summed E-state index contributed by atoms with van der Waals surface area (Å²) in [6.07, 6.45) is 1.70. The van der Waals surface area contributed by atoms with Gasteiger partial charge in [0, 0.05) is 17.1 Å². The largest absolute Gasteiger partial charge is 0.360 e. The highest BCUT2D eigenvalue weighted by molar-refractivity contribution is 7.14. The number of aryl methyl sites for hydroxylation is 1. The molecule has 1 N–H and O–H groups in total. The normalized spacial score (nSPS) is 10.7. The maximum absolute atomic E-state index is 12.8. The molecule has 0 radical (unpaired) electrons. The molecule has 0 unspecified atom stereocenters. The van der Waals surface area contributed by atoms with Crippen molar-refractivity contribution in [3.63, 3.8) is 0 Å². The standard InChI is InChI=1S/C19H13ClN4O2S/c1-11-16(17(24-26-11)12-6-2-3-7-13(12)20)18(25)23-19-22-15(10-27-19)14-8-4-5-9-21-14/h2-10H,1H3,(H,22,23,25). The van der Waals surface area contributed by atoms with Crippen LogP contribution in [-0.2, 0) is 0 Å². The molecule has 134 valence electrons. The molecule has 0 aliphatic carbocycles. The van der Waals surface area contributed by atoms with Gasteiger partial charge in [0.2, 0.25) is 0 Å². The van der Waals surface area contributed by atoms with E-state index in [1.54, 1.807) is 25.3 Å². The van der Waals surface area contributed by atoms with Crippen molar-refractivity contribution >= 4 is 34.0 Å². The van der Waals surface area contributed by atoms with Gasteiger partial charge in [-0.25, -0.2) is 4.98 Å². The van der Waals surface area contributed by atoms with E-state index in [0.29, 0.717) is 38.4 Å². The molecule has 3 aromatic heterocycles. The summed E-state index contributed by atoms with van der Waals surface area (Å²) in [6, 6.07) is 12.8. The monoisotopic (exact) mass is 396 g/mol. The predicted molar refractivity (Wildman–Crippen MR) is 105 cm³/mol. The van der Waals surface area contributed by atoms with Crippen LogP contribution < -0.4 is 5.32 Å². The Kier molecular flexibility index (Phi) is 4.70. The van der Waals surface area contributed by atoms with Gasteiger partial charge in [0.1, 0.15) is 22.7 Å². The molecule has 6 nitrogen and oxygen atoms in total. The van der Waals surface area contributed by atoms with Gasteiger partial charge in [0.25, 0.3) is 5.91 Å². The molecule has 0 aliphatic heterocycles. The first-order valence-electron chi connectivity index (χ1n) is 8.03. The van der Waals surface area contributed by atoms with Crippen molar-refractivity contribution in [2.24, 2.45) is 0 Å². The minimum Gasteiger partial charge on any atom is -0.360 e. The second kappa shape index (κ2) is 7.30. The highest BCUT2D eigenvalue weighted by atomic mass is 35.5. The molecule has 27 heavy (non-hydrogen) atoms. The van der Waals surface area contributed by atoms with Crippen molar-refractivity contribution in [3.8, 4) is 22.6 Å². The Morgan fingerprint density at radius 1 is 1.15 bits per heavy atom. The van der Waals surface area contributed by atoms with Crippen LogP contribution in [-0.4, -0.2) is 21.0 Å². The lowest BCUT2D eigenvalue weighted by Crippen LogP contribution is -2.13. The summed E-state index contributed by atoms with van der Waals surface area (Å²) >= 11 is 7.57. The number of anilines is 1. The number of nitrogens with one attached hydrogen (secondary N) is 1. The molecule has 0 saturated carbocycles. The summed E-state index contributed by atoms with van der Waals surface area (Å²) in [4.78, 5) is 21.5. The van der Waals surface area contributed by atoms with E-state index < -0.39 is 0 Å². The van der Waals surface area contributed by atoms with Gasteiger partial charge in [-0.05, 0) is 25.1 Å². The number of carbonyl (C=O) groups is 1. The number of rotatable bonds is 4. The van der Waals surface area contributed by atoms with E-state index >= 15 is 0 Å². The molecule has 0 atom stereocenters. The molecule has 4 aromatic rings. The van der Waals surface area contributed by atoms with Crippen LogP contribution in [0.4, 0.5) is 5.13 Å².